The zero-order chi connectivity index (χ0) is 27.9. The summed E-state index contributed by atoms with van der Waals surface area (Å²) in [6.45, 7) is 0.762. The van der Waals surface area contributed by atoms with E-state index in [1.807, 2.05) is 0 Å². The number of fused-ring (bicyclic) bond motifs is 1. The molecule has 1 fully saturated rings. The minimum atomic E-state index is -5.06. The van der Waals surface area contributed by atoms with Gasteiger partial charge in [0.25, 0.3) is 0 Å². The normalized spacial score (nSPS) is 18.2. The molecular formula is C25H20F6N4O3S. The van der Waals surface area contributed by atoms with Crippen molar-refractivity contribution >= 4 is 28.3 Å². The van der Waals surface area contributed by atoms with E-state index in [9.17, 15) is 36.6 Å². The van der Waals surface area contributed by atoms with Crippen LogP contribution in [0.3, 0.4) is 0 Å². The Kier molecular flexibility index (Phi) is 7.11. The molecule has 0 bridgehead atoms. The minimum absolute atomic E-state index is 0.0991. The van der Waals surface area contributed by atoms with Gasteiger partial charge in [-0.05, 0) is 40.6 Å². The molecule has 2 aliphatic heterocycles. The van der Waals surface area contributed by atoms with Gasteiger partial charge in [-0.3, -0.25) is 0 Å². The zero-order valence-corrected chi connectivity index (χ0v) is 20.7. The summed E-state index contributed by atoms with van der Waals surface area (Å²) in [5.74, 6) is -0.434. The van der Waals surface area contributed by atoms with Gasteiger partial charge in [-0.15, -0.1) is 0 Å². The number of nitrogens with zero attached hydrogens (tertiary/aromatic N) is 4. The molecule has 1 aromatic heterocycles. The van der Waals surface area contributed by atoms with Crippen LogP contribution in [-0.2, 0) is 23.5 Å². The molecule has 2 aromatic carbocycles. The summed E-state index contributed by atoms with van der Waals surface area (Å²) in [7, 11) is 0. The maximum absolute atomic E-state index is 13.9. The Balaban J connectivity index is 1.65. The van der Waals surface area contributed by atoms with Crippen molar-refractivity contribution in [1.82, 2.24) is 4.98 Å². The summed E-state index contributed by atoms with van der Waals surface area (Å²) in [5, 5.41) is 29.4. The first-order valence-corrected chi connectivity index (χ1v) is 12.4. The molecule has 14 heteroatoms. The lowest BCUT2D eigenvalue weighted by atomic mass is 9.94. The van der Waals surface area contributed by atoms with Gasteiger partial charge in [0.15, 0.2) is 5.13 Å². The maximum Gasteiger partial charge on any atom is 0.416 e. The van der Waals surface area contributed by atoms with Crippen molar-refractivity contribution in [2.24, 2.45) is 10.2 Å². The molecule has 7 nitrogen and oxygen atoms in total. The Morgan fingerprint density at radius 2 is 1.87 bits per heavy atom. The van der Waals surface area contributed by atoms with Gasteiger partial charge in [0.1, 0.15) is 0 Å². The number of anilines is 1. The predicted molar refractivity (Wildman–Crippen MR) is 130 cm³/mol. The van der Waals surface area contributed by atoms with Crippen LogP contribution >= 0.6 is 11.3 Å². The summed E-state index contributed by atoms with van der Waals surface area (Å²) >= 11 is 1.03. The molecule has 5 rings (SSSR count). The quantitative estimate of drug-likeness (QED) is 0.459. The Hall–Kier alpha value is -3.49. The first-order chi connectivity index (χ1) is 18.4. The van der Waals surface area contributed by atoms with Gasteiger partial charge in [0.05, 0.1) is 46.9 Å². The van der Waals surface area contributed by atoms with E-state index in [-0.39, 0.29) is 29.7 Å². The van der Waals surface area contributed by atoms with Crippen molar-refractivity contribution in [3.8, 4) is 5.88 Å². The van der Waals surface area contributed by atoms with E-state index in [1.165, 1.54) is 6.21 Å². The van der Waals surface area contributed by atoms with Crippen LogP contribution in [0.1, 0.15) is 27.1 Å². The second kappa shape index (κ2) is 10.2. The van der Waals surface area contributed by atoms with Gasteiger partial charge in [0, 0.05) is 25.1 Å². The number of hydrogen-bond acceptors (Lipinski definition) is 8. The highest BCUT2D eigenvalue weighted by Gasteiger charge is 2.38. The summed E-state index contributed by atoms with van der Waals surface area (Å²) < 4.78 is 87.0. The van der Waals surface area contributed by atoms with E-state index < -0.39 is 47.4 Å². The van der Waals surface area contributed by atoms with Crippen molar-refractivity contribution in [1.29, 1.82) is 0 Å². The van der Waals surface area contributed by atoms with Crippen LogP contribution in [0.2, 0.25) is 0 Å². The standard InChI is InChI=1S/C25H20F6N4O3S/c26-24(27,28)16-3-1-14(19(9-16)25(29,30)31)8-18(13-2-4-20-15(7-13)10-32-34-20)21-22(37)33-23(39-21)35-5-6-38-17(11-35)12-36/h1-4,7,9-10,17,36-37H,5-6,8,11-12H2/b18-13+/t17-/m0/s1. The number of alkyl halides is 6. The molecule has 0 unspecified atom stereocenters. The third-order valence-electron chi connectivity index (χ3n) is 6.33. The number of aliphatic hydroxyl groups excluding tert-OH is 1. The molecule has 3 heterocycles. The van der Waals surface area contributed by atoms with Gasteiger partial charge in [-0.2, -0.15) is 41.5 Å². The zero-order valence-electron chi connectivity index (χ0n) is 19.9. The van der Waals surface area contributed by atoms with Crippen molar-refractivity contribution in [2.45, 2.75) is 24.9 Å². The first kappa shape index (κ1) is 27.1. The number of aliphatic hydroxyl groups is 1. The molecule has 0 radical (unpaired) electrons. The maximum atomic E-state index is 13.9. The van der Waals surface area contributed by atoms with Gasteiger partial charge in [0.2, 0.25) is 5.88 Å². The number of hydrogen-bond donors (Lipinski definition) is 2. The van der Waals surface area contributed by atoms with Gasteiger partial charge in [-0.25, -0.2) is 0 Å². The van der Waals surface area contributed by atoms with E-state index >= 15 is 0 Å². The first-order valence-electron chi connectivity index (χ1n) is 11.6. The van der Waals surface area contributed by atoms with Crippen LogP contribution in [0.5, 0.6) is 5.88 Å². The number of benzene rings is 2. The molecular weight excluding hydrogens is 550 g/mol. The van der Waals surface area contributed by atoms with Gasteiger partial charge in [-0.1, -0.05) is 23.5 Å². The van der Waals surface area contributed by atoms with Crippen LogP contribution in [0.15, 0.2) is 46.6 Å². The van der Waals surface area contributed by atoms with Crippen molar-refractivity contribution < 1.29 is 41.3 Å². The third-order valence-corrected chi connectivity index (χ3v) is 7.50. The average molecular weight is 571 g/mol. The lowest BCUT2D eigenvalue weighted by Crippen LogP contribution is -2.44. The number of aromatic hydroxyl groups is 1. The highest BCUT2D eigenvalue weighted by Crippen LogP contribution is 2.41. The molecule has 2 N–H and O–H groups in total. The number of aromatic nitrogens is 1. The molecule has 0 aliphatic carbocycles. The van der Waals surface area contributed by atoms with Crippen molar-refractivity contribution in [3.05, 3.63) is 74.1 Å². The lowest BCUT2D eigenvalue weighted by Gasteiger charge is -2.31. The molecule has 3 aromatic rings. The SMILES string of the molecule is OC[C@@H]1CN(c2nc(O)c(/C(Cc3ccc(C(F)(F)F)cc3C(F)(F)F)=c3\ccc4c(c3)C=NN=4)s2)CCO1. The summed E-state index contributed by atoms with van der Waals surface area (Å²) in [6.07, 6.45) is -9.46. The second-order valence-corrected chi connectivity index (χ2v) is 9.89. The number of morpholine rings is 1. The molecule has 0 amide bonds. The molecule has 1 saturated heterocycles. The molecule has 1 atom stereocenters. The fourth-order valence-corrected chi connectivity index (χ4v) is 5.46. The number of halogens is 6. The topological polar surface area (TPSA) is 90.5 Å². The van der Waals surface area contributed by atoms with Crippen LogP contribution in [0.25, 0.3) is 5.57 Å². The van der Waals surface area contributed by atoms with Crippen molar-refractivity contribution in [3.63, 3.8) is 0 Å². The van der Waals surface area contributed by atoms with Crippen LogP contribution in [-0.4, -0.2) is 53.8 Å². The molecule has 206 valence electrons. The highest BCUT2D eigenvalue weighted by molar-refractivity contribution is 7.17. The Morgan fingerprint density at radius 1 is 1.08 bits per heavy atom. The fourth-order valence-electron chi connectivity index (χ4n) is 4.40. The van der Waals surface area contributed by atoms with Gasteiger partial charge >= 0.3 is 12.4 Å². The van der Waals surface area contributed by atoms with E-state index in [4.69, 9.17) is 4.74 Å². The molecule has 0 spiro atoms. The summed E-state index contributed by atoms with van der Waals surface area (Å²) in [4.78, 5) is 6.15. The highest BCUT2D eigenvalue weighted by atomic mass is 32.1. The average Bonchev–Trinajstić information content (AvgIpc) is 3.52. The van der Waals surface area contributed by atoms with Crippen LogP contribution in [0.4, 0.5) is 31.5 Å². The largest absolute Gasteiger partial charge is 0.492 e. The Labute approximate surface area is 221 Å². The molecule has 2 aliphatic rings. The lowest BCUT2D eigenvalue weighted by molar-refractivity contribution is -0.143. The number of thiazole rings is 1. The van der Waals surface area contributed by atoms with E-state index in [2.05, 4.69) is 15.2 Å². The fraction of sp³-hybridized carbons (Fsp3) is 0.320. The third kappa shape index (κ3) is 5.63. The summed E-state index contributed by atoms with van der Waals surface area (Å²) in [6, 6.07) is 6.36. The smallest absolute Gasteiger partial charge is 0.416 e. The van der Waals surface area contributed by atoms with Crippen molar-refractivity contribution in [2.75, 3.05) is 31.2 Å². The monoisotopic (exact) mass is 570 g/mol. The predicted octanol–water partition coefficient (Wildman–Crippen LogP) is 3.49. The second-order valence-electron chi connectivity index (χ2n) is 8.91. The van der Waals surface area contributed by atoms with E-state index in [0.717, 1.165) is 17.4 Å². The Morgan fingerprint density at radius 3 is 2.59 bits per heavy atom. The molecule has 39 heavy (non-hydrogen) atoms. The van der Waals surface area contributed by atoms with Crippen LogP contribution in [0, 0.1) is 0 Å². The molecule has 0 saturated carbocycles. The summed E-state index contributed by atoms with van der Waals surface area (Å²) in [5.41, 5.74) is -2.40. The number of rotatable bonds is 5. The van der Waals surface area contributed by atoms with Crippen LogP contribution < -0.4 is 15.5 Å². The van der Waals surface area contributed by atoms with E-state index in [0.29, 0.717) is 40.5 Å². The number of ether oxygens (including phenoxy) is 1. The Bertz CT molecular complexity index is 1550. The van der Waals surface area contributed by atoms with E-state index in [1.54, 1.807) is 23.1 Å². The van der Waals surface area contributed by atoms with Gasteiger partial charge < -0.3 is 19.8 Å². The minimum Gasteiger partial charge on any atom is -0.492 e.